The van der Waals surface area contributed by atoms with E-state index in [1.807, 2.05) is 66.7 Å². The van der Waals surface area contributed by atoms with Gasteiger partial charge in [-0.3, -0.25) is 9.69 Å². The molecular formula is C27H30N2O4. The van der Waals surface area contributed by atoms with Crippen LogP contribution in [0.4, 0.5) is 0 Å². The molecule has 1 heterocycles. The minimum absolute atomic E-state index is 0.0319. The van der Waals surface area contributed by atoms with E-state index in [2.05, 4.69) is 22.3 Å². The zero-order valence-electron chi connectivity index (χ0n) is 18.7. The third kappa shape index (κ3) is 7.34. The second kappa shape index (κ2) is 12.0. The summed E-state index contributed by atoms with van der Waals surface area (Å²) in [4.78, 5) is 14.7. The van der Waals surface area contributed by atoms with E-state index in [0.29, 0.717) is 18.9 Å². The Kier molecular flexibility index (Phi) is 8.33. The fourth-order valence-corrected chi connectivity index (χ4v) is 3.65. The van der Waals surface area contributed by atoms with Gasteiger partial charge in [0.1, 0.15) is 18.1 Å². The standard InChI is InChI=1S/C27H30N2O4/c30-27(28-18-23-8-4-5-9-24(23)19-29-14-16-31-17-15-29)21-33-26-12-10-25(11-13-26)32-20-22-6-2-1-3-7-22/h1-13H,14-21H2,(H,28,30). The van der Waals surface area contributed by atoms with Gasteiger partial charge in [0, 0.05) is 26.2 Å². The van der Waals surface area contributed by atoms with Crippen LogP contribution in [0.1, 0.15) is 16.7 Å². The van der Waals surface area contributed by atoms with Crippen LogP contribution in [0, 0.1) is 0 Å². The molecule has 4 rings (SSSR count). The van der Waals surface area contributed by atoms with E-state index in [1.165, 1.54) is 5.56 Å². The first-order valence-corrected chi connectivity index (χ1v) is 11.3. The van der Waals surface area contributed by atoms with Gasteiger partial charge in [-0.25, -0.2) is 0 Å². The minimum atomic E-state index is -0.152. The van der Waals surface area contributed by atoms with Crippen LogP contribution in [0.25, 0.3) is 0 Å². The summed E-state index contributed by atoms with van der Waals surface area (Å²) >= 11 is 0. The fraction of sp³-hybridized carbons (Fsp3) is 0.296. The Morgan fingerprint density at radius 1 is 0.818 bits per heavy atom. The molecule has 6 nitrogen and oxygen atoms in total. The van der Waals surface area contributed by atoms with Crippen molar-refractivity contribution in [2.45, 2.75) is 19.7 Å². The summed E-state index contributed by atoms with van der Waals surface area (Å²) in [6.45, 7) is 5.24. The van der Waals surface area contributed by atoms with Crippen molar-refractivity contribution in [1.82, 2.24) is 10.2 Å². The van der Waals surface area contributed by atoms with Crippen molar-refractivity contribution in [2.75, 3.05) is 32.9 Å². The van der Waals surface area contributed by atoms with Crippen LogP contribution >= 0.6 is 0 Å². The molecule has 0 unspecified atom stereocenters. The molecule has 3 aromatic carbocycles. The van der Waals surface area contributed by atoms with E-state index in [-0.39, 0.29) is 12.5 Å². The van der Waals surface area contributed by atoms with Gasteiger partial charge in [-0.2, -0.15) is 0 Å². The van der Waals surface area contributed by atoms with E-state index in [0.717, 1.165) is 49.7 Å². The van der Waals surface area contributed by atoms with Crippen molar-refractivity contribution in [1.29, 1.82) is 0 Å². The molecule has 0 aromatic heterocycles. The lowest BCUT2D eigenvalue weighted by Gasteiger charge is -2.27. The summed E-state index contributed by atoms with van der Waals surface area (Å²) in [6, 6.07) is 25.5. The van der Waals surface area contributed by atoms with E-state index in [1.54, 1.807) is 0 Å². The van der Waals surface area contributed by atoms with Crippen LogP contribution in [0.2, 0.25) is 0 Å². The lowest BCUT2D eigenvalue weighted by atomic mass is 10.1. The van der Waals surface area contributed by atoms with Crippen LogP contribution in [0.3, 0.4) is 0 Å². The van der Waals surface area contributed by atoms with Gasteiger partial charge < -0.3 is 19.5 Å². The number of nitrogens with zero attached hydrogens (tertiary/aromatic N) is 1. The molecule has 1 fully saturated rings. The van der Waals surface area contributed by atoms with Gasteiger partial charge in [0.05, 0.1) is 13.2 Å². The normalized spacial score (nSPS) is 13.9. The van der Waals surface area contributed by atoms with Crippen LogP contribution in [-0.2, 0) is 29.2 Å². The Morgan fingerprint density at radius 2 is 1.45 bits per heavy atom. The molecule has 3 aromatic rings. The monoisotopic (exact) mass is 446 g/mol. The molecule has 1 N–H and O–H groups in total. The van der Waals surface area contributed by atoms with Crippen molar-refractivity contribution in [2.24, 2.45) is 0 Å². The highest BCUT2D eigenvalue weighted by Crippen LogP contribution is 2.19. The van der Waals surface area contributed by atoms with Gasteiger partial charge in [-0.15, -0.1) is 0 Å². The fourth-order valence-electron chi connectivity index (χ4n) is 3.65. The topological polar surface area (TPSA) is 60.0 Å². The maximum absolute atomic E-state index is 12.3. The first kappa shape index (κ1) is 22.8. The number of amides is 1. The number of nitrogens with one attached hydrogen (secondary N) is 1. The molecule has 0 spiro atoms. The van der Waals surface area contributed by atoms with Crippen LogP contribution < -0.4 is 14.8 Å². The average molecular weight is 447 g/mol. The van der Waals surface area contributed by atoms with Gasteiger partial charge in [0.15, 0.2) is 6.61 Å². The van der Waals surface area contributed by atoms with E-state index >= 15 is 0 Å². The molecule has 6 heteroatoms. The number of benzene rings is 3. The summed E-state index contributed by atoms with van der Waals surface area (Å²) in [7, 11) is 0. The summed E-state index contributed by atoms with van der Waals surface area (Å²) in [5.74, 6) is 1.23. The van der Waals surface area contributed by atoms with Gasteiger partial charge in [-0.1, -0.05) is 54.6 Å². The highest BCUT2D eigenvalue weighted by atomic mass is 16.5. The number of carbonyl (C=O) groups excluding carboxylic acids is 1. The van der Waals surface area contributed by atoms with Crippen LogP contribution in [0.5, 0.6) is 11.5 Å². The maximum Gasteiger partial charge on any atom is 0.258 e. The van der Waals surface area contributed by atoms with Crippen molar-refractivity contribution < 1.29 is 19.0 Å². The summed E-state index contributed by atoms with van der Waals surface area (Å²) < 4.78 is 16.8. The lowest BCUT2D eigenvalue weighted by molar-refractivity contribution is -0.123. The van der Waals surface area contributed by atoms with Crippen molar-refractivity contribution in [3.8, 4) is 11.5 Å². The van der Waals surface area contributed by atoms with Gasteiger partial charge in [0.2, 0.25) is 0 Å². The number of hydrogen-bond donors (Lipinski definition) is 1. The molecule has 0 aliphatic carbocycles. The number of ether oxygens (including phenoxy) is 3. The molecule has 1 amide bonds. The quantitative estimate of drug-likeness (QED) is 0.514. The summed E-state index contributed by atoms with van der Waals surface area (Å²) in [6.07, 6.45) is 0. The zero-order valence-corrected chi connectivity index (χ0v) is 18.7. The second-order valence-electron chi connectivity index (χ2n) is 7.97. The molecule has 1 aliphatic rings. The lowest BCUT2D eigenvalue weighted by Crippen LogP contribution is -2.36. The molecule has 0 atom stereocenters. The Morgan fingerprint density at radius 3 is 2.18 bits per heavy atom. The number of carbonyl (C=O) groups is 1. The van der Waals surface area contributed by atoms with Gasteiger partial charge in [0.25, 0.3) is 5.91 Å². The highest BCUT2D eigenvalue weighted by molar-refractivity contribution is 5.77. The molecule has 0 radical (unpaired) electrons. The van der Waals surface area contributed by atoms with E-state index in [9.17, 15) is 4.79 Å². The molecule has 172 valence electrons. The summed E-state index contributed by atoms with van der Waals surface area (Å²) in [5, 5.41) is 2.96. The van der Waals surface area contributed by atoms with Crippen molar-refractivity contribution in [3.63, 3.8) is 0 Å². The number of rotatable bonds is 10. The Labute approximate surface area is 195 Å². The van der Waals surface area contributed by atoms with Gasteiger partial charge >= 0.3 is 0 Å². The van der Waals surface area contributed by atoms with Crippen LogP contribution in [-0.4, -0.2) is 43.7 Å². The number of hydrogen-bond acceptors (Lipinski definition) is 5. The van der Waals surface area contributed by atoms with Crippen LogP contribution in [0.15, 0.2) is 78.9 Å². The van der Waals surface area contributed by atoms with Crippen molar-refractivity contribution >= 4 is 5.91 Å². The third-order valence-electron chi connectivity index (χ3n) is 5.53. The summed E-state index contributed by atoms with van der Waals surface area (Å²) in [5.41, 5.74) is 3.46. The first-order chi connectivity index (χ1) is 16.3. The molecule has 0 saturated carbocycles. The van der Waals surface area contributed by atoms with E-state index < -0.39 is 0 Å². The smallest absolute Gasteiger partial charge is 0.258 e. The largest absolute Gasteiger partial charge is 0.489 e. The second-order valence-corrected chi connectivity index (χ2v) is 7.97. The SMILES string of the molecule is O=C(COc1ccc(OCc2ccccc2)cc1)NCc1ccccc1CN1CCOCC1. The maximum atomic E-state index is 12.3. The molecule has 1 saturated heterocycles. The molecular weight excluding hydrogens is 416 g/mol. The number of morpholine rings is 1. The Hall–Kier alpha value is -3.35. The predicted octanol–water partition coefficient (Wildman–Crippen LogP) is 3.79. The van der Waals surface area contributed by atoms with Crippen molar-refractivity contribution in [3.05, 3.63) is 95.6 Å². The average Bonchev–Trinajstić information content (AvgIpc) is 2.87. The van der Waals surface area contributed by atoms with Gasteiger partial charge in [-0.05, 0) is 41.0 Å². The zero-order chi connectivity index (χ0) is 22.7. The highest BCUT2D eigenvalue weighted by Gasteiger charge is 2.13. The molecule has 1 aliphatic heterocycles. The van der Waals surface area contributed by atoms with E-state index in [4.69, 9.17) is 14.2 Å². The molecule has 0 bridgehead atoms. The Bertz CT molecular complexity index is 1000. The minimum Gasteiger partial charge on any atom is -0.489 e. The predicted molar refractivity (Wildman–Crippen MR) is 127 cm³/mol. The first-order valence-electron chi connectivity index (χ1n) is 11.3. The third-order valence-corrected chi connectivity index (χ3v) is 5.53. The molecule has 33 heavy (non-hydrogen) atoms. The Balaban J connectivity index is 1.20.